The number of anilines is 1. The maximum Gasteiger partial charge on any atom is 0.255 e. The van der Waals surface area contributed by atoms with Crippen molar-refractivity contribution in [3.8, 4) is 0 Å². The second kappa shape index (κ2) is 7.67. The lowest BCUT2D eigenvalue weighted by Gasteiger charge is -2.31. The molecular formula is C21H21F2N3OS. The Labute approximate surface area is 168 Å². The summed E-state index contributed by atoms with van der Waals surface area (Å²) in [5, 5.41) is 9.19. The molecule has 1 aliphatic rings. The molecule has 0 unspecified atom stereocenters. The van der Waals surface area contributed by atoms with Crippen LogP contribution in [0.4, 0.5) is 14.5 Å². The number of halogens is 2. The molecule has 28 heavy (non-hydrogen) atoms. The average Bonchev–Trinajstić information content (AvgIpc) is 2.60. The lowest BCUT2D eigenvalue weighted by atomic mass is 9.89. The van der Waals surface area contributed by atoms with Crippen molar-refractivity contribution in [3.05, 3.63) is 75.5 Å². The topological polar surface area (TPSA) is 53.2 Å². The summed E-state index contributed by atoms with van der Waals surface area (Å²) in [6, 6.07) is 6.89. The van der Waals surface area contributed by atoms with Crippen LogP contribution >= 0.6 is 12.2 Å². The molecule has 2 aromatic carbocycles. The van der Waals surface area contributed by atoms with Crippen LogP contribution in [0.5, 0.6) is 0 Å². The number of rotatable bonds is 3. The fraction of sp³-hybridized carbons (Fsp3) is 0.238. The fourth-order valence-electron chi connectivity index (χ4n) is 3.29. The van der Waals surface area contributed by atoms with E-state index in [1.54, 1.807) is 6.92 Å². The minimum absolute atomic E-state index is 0.174. The molecule has 0 aromatic heterocycles. The summed E-state index contributed by atoms with van der Waals surface area (Å²) in [7, 11) is 0. The highest BCUT2D eigenvalue weighted by molar-refractivity contribution is 7.80. The summed E-state index contributed by atoms with van der Waals surface area (Å²) in [6.07, 6.45) is 0. The van der Waals surface area contributed by atoms with Crippen LogP contribution in [0.1, 0.15) is 35.2 Å². The van der Waals surface area contributed by atoms with Crippen molar-refractivity contribution in [2.45, 2.75) is 33.7 Å². The molecule has 4 nitrogen and oxygen atoms in total. The molecule has 3 rings (SSSR count). The molecule has 0 fully saturated rings. The molecule has 2 aromatic rings. The van der Waals surface area contributed by atoms with Crippen LogP contribution in [0.3, 0.4) is 0 Å². The second-order valence-electron chi connectivity index (χ2n) is 6.95. The number of hydrogen-bond donors (Lipinski definition) is 3. The van der Waals surface area contributed by atoms with E-state index < -0.39 is 23.6 Å². The maximum absolute atomic E-state index is 13.5. The molecule has 1 atom stereocenters. The maximum atomic E-state index is 13.5. The van der Waals surface area contributed by atoms with Gasteiger partial charge in [-0.1, -0.05) is 12.1 Å². The molecule has 0 radical (unpaired) electrons. The second-order valence-corrected chi connectivity index (χ2v) is 7.35. The molecule has 1 amide bonds. The minimum atomic E-state index is -1.02. The van der Waals surface area contributed by atoms with Crippen molar-refractivity contribution in [3.63, 3.8) is 0 Å². The predicted molar refractivity (Wildman–Crippen MR) is 110 cm³/mol. The first-order chi connectivity index (χ1) is 13.2. The molecule has 0 aliphatic carbocycles. The zero-order valence-corrected chi connectivity index (χ0v) is 16.9. The third-order valence-corrected chi connectivity index (χ3v) is 5.10. The van der Waals surface area contributed by atoms with E-state index in [1.807, 2.05) is 26.8 Å². The number of allylic oxidation sites excluding steroid dienone is 1. The zero-order valence-electron chi connectivity index (χ0n) is 16.0. The number of thiocarbonyl (C=S) groups is 1. The van der Waals surface area contributed by atoms with Gasteiger partial charge in [-0.2, -0.15) is 0 Å². The highest BCUT2D eigenvalue weighted by Crippen LogP contribution is 2.31. The molecule has 0 spiro atoms. The van der Waals surface area contributed by atoms with Crippen LogP contribution in [-0.2, 0) is 4.79 Å². The van der Waals surface area contributed by atoms with E-state index in [9.17, 15) is 13.6 Å². The molecule has 0 saturated carbocycles. The quantitative estimate of drug-likeness (QED) is 0.671. The van der Waals surface area contributed by atoms with Crippen molar-refractivity contribution in [1.29, 1.82) is 0 Å². The molecule has 7 heteroatoms. The van der Waals surface area contributed by atoms with E-state index in [2.05, 4.69) is 22.0 Å². The van der Waals surface area contributed by atoms with Gasteiger partial charge in [0, 0.05) is 17.5 Å². The average molecular weight is 401 g/mol. The van der Waals surface area contributed by atoms with Gasteiger partial charge in [-0.3, -0.25) is 4.79 Å². The van der Waals surface area contributed by atoms with Crippen molar-refractivity contribution >= 4 is 28.9 Å². The summed E-state index contributed by atoms with van der Waals surface area (Å²) >= 11 is 5.28. The summed E-state index contributed by atoms with van der Waals surface area (Å²) in [6.45, 7) is 7.78. The van der Waals surface area contributed by atoms with Crippen LogP contribution in [-0.4, -0.2) is 11.0 Å². The molecule has 1 aliphatic heterocycles. The van der Waals surface area contributed by atoms with Crippen LogP contribution < -0.4 is 16.0 Å². The smallest absolute Gasteiger partial charge is 0.255 e. The van der Waals surface area contributed by atoms with E-state index in [4.69, 9.17) is 12.2 Å². The van der Waals surface area contributed by atoms with Crippen molar-refractivity contribution < 1.29 is 13.6 Å². The number of nitrogens with one attached hydrogen (secondary N) is 3. The first kappa shape index (κ1) is 19.9. The molecular weight excluding hydrogens is 380 g/mol. The Kier molecular flexibility index (Phi) is 5.47. The third-order valence-electron chi connectivity index (χ3n) is 4.88. The SMILES string of the molecule is CC1=C(C(=O)Nc2ccc(F)c(F)c2)[C@H](c2cc(C)c(C)cc2C)NC(=S)N1. The Morgan fingerprint density at radius 3 is 2.36 bits per heavy atom. The molecule has 146 valence electrons. The van der Waals surface area contributed by atoms with Gasteiger partial charge in [-0.25, -0.2) is 8.78 Å². The summed E-state index contributed by atoms with van der Waals surface area (Å²) in [5.74, 6) is -2.41. The highest BCUT2D eigenvalue weighted by atomic mass is 32.1. The zero-order chi connectivity index (χ0) is 20.6. The number of benzene rings is 2. The summed E-state index contributed by atoms with van der Waals surface area (Å²) in [4.78, 5) is 13.0. The Hall–Kier alpha value is -2.80. The lowest BCUT2D eigenvalue weighted by molar-refractivity contribution is -0.113. The van der Waals surface area contributed by atoms with Gasteiger partial charge in [0.25, 0.3) is 5.91 Å². The number of aryl methyl sites for hydroxylation is 3. The Morgan fingerprint density at radius 2 is 1.68 bits per heavy atom. The van der Waals surface area contributed by atoms with Crippen LogP contribution in [0.15, 0.2) is 41.6 Å². The first-order valence-electron chi connectivity index (χ1n) is 8.79. The summed E-state index contributed by atoms with van der Waals surface area (Å²) < 4.78 is 26.7. The predicted octanol–water partition coefficient (Wildman–Crippen LogP) is 4.32. The van der Waals surface area contributed by atoms with E-state index >= 15 is 0 Å². The van der Waals surface area contributed by atoms with Crippen molar-refractivity contribution in [2.75, 3.05) is 5.32 Å². The number of hydrogen-bond acceptors (Lipinski definition) is 2. The molecule has 1 heterocycles. The Morgan fingerprint density at radius 1 is 1.00 bits per heavy atom. The van der Waals surface area contributed by atoms with Gasteiger partial charge < -0.3 is 16.0 Å². The van der Waals surface area contributed by atoms with Crippen LogP contribution in [0.25, 0.3) is 0 Å². The first-order valence-corrected chi connectivity index (χ1v) is 9.20. The van der Waals surface area contributed by atoms with E-state index in [0.29, 0.717) is 16.4 Å². The van der Waals surface area contributed by atoms with E-state index in [0.717, 1.165) is 34.4 Å². The number of amides is 1. The standard InChI is InChI=1S/C21H21F2N3OS/c1-10-7-12(3)15(8-11(10)2)19-18(13(4)24-21(28)26-19)20(27)25-14-5-6-16(22)17(23)9-14/h5-9,19H,1-4H3,(H,25,27)(H2,24,26,28)/t19-/m0/s1. The summed E-state index contributed by atoms with van der Waals surface area (Å²) in [5.41, 5.74) is 5.43. The lowest BCUT2D eigenvalue weighted by Crippen LogP contribution is -2.46. The van der Waals surface area contributed by atoms with Gasteiger partial charge in [0.1, 0.15) is 0 Å². The van der Waals surface area contributed by atoms with Gasteiger partial charge in [0.05, 0.1) is 11.6 Å². The van der Waals surface area contributed by atoms with Gasteiger partial charge >= 0.3 is 0 Å². The van der Waals surface area contributed by atoms with Crippen molar-refractivity contribution in [1.82, 2.24) is 10.6 Å². The molecule has 0 bridgehead atoms. The molecule has 0 saturated heterocycles. The largest absolute Gasteiger partial charge is 0.351 e. The van der Waals surface area contributed by atoms with Gasteiger partial charge in [-0.05, 0) is 74.3 Å². The van der Waals surface area contributed by atoms with Gasteiger partial charge in [0.2, 0.25) is 0 Å². The number of carbonyl (C=O) groups is 1. The minimum Gasteiger partial charge on any atom is -0.351 e. The van der Waals surface area contributed by atoms with Crippen LogP contribution in [0.2, 0.25) is 0 Å². The van der Waals surface area contributed by atoms with Crippen LogP contribution in [0, 0.1) is 32.4 Å². The normalized spacial score (nSPS) is 16.5. The van der Waals surface area contributed by atoms with Crippen molar-refractivity contribution in [2.24, 2.45) is 0 Å². The van der Waals surface area contributed by atoms with Gasteiger partial charge in [0.15, 0.2) is 16.7 Å². The Balaban J connectivity index is 2.01. The molecule has 3 N–H and O–H groups in total. The van der Waals surface area contributed by atoms with Gasteiger partial charge in [-0.15, -0.1) is 0 Å². The number of carbonyl (C=O) groups excluding carboxylic acids is 1. The van der Waals surface area contributed by atoms with E-state index in [-0.39, 0.29) is 5.69 Å². The monoisotopic (exact) mass is 401 g/mol. The van der Waals surface area contributed by atoms with E-state index in [1.165, 1.54) is 6.07 Å². The Bertz CT molecular complexity index is 1020. The third kappa shape index (κ3) is 3.89. The highest BCUT2D eigenvalue weighted by Gasteiger charge is 2.31. The fourth-order valence-corrected chi connectivity index (χ4v) is 3.57.